The van der Waals surface area contributed by atoms with E-state index in [1.807, 2.05) is 67.7 Å². The zero-order valence-corrected chi connectivity index (χ0v) is 18.8. The Morgan fingerprint density at radius 3 is 2.53 bits per heavy atom. The van der Waals surface area contributed by atoms with Gasteiger partial charge in [0.25, 0.3) is 0 Å². The summed E-state index contributed by atoms with van der Waals surface area (Å²) in [4.78, 5) is 26.3. The van der Waals surface area contributed by atoms with E-state index in [9.17, 15) is 4.79 Å². The van der Waals surface area contributed by atoms with Crippen LogP contribution in [-0.2, 0) is 14.9 Å². The second kappa shape index (κ2) is 9.44. The number of aryl methyl sites for hydroxylation is 1. The Morgan fingerprint density at radius 2 is 1.82 bits per heavy atom. The van der Waals surface area contributed by atoms with Gasteiger partial charge in [0, 0.05) is 37.4 Å². The number of carbonyl (C=O) groups is 1. The van der Waals surface area contributed by atoms with E-state index in [0.29, 0.717) is 55.0 Å². The molecular weight excluding hydrogens is 430 g/mol. The van der Waals surface area contributed by atoms with E-state index in [-0.39, 0.29) is 5.91 Å². The molecule has 34 heavy (non-hydrogen) atoms. The van der Waals surface area contributed by atoms with Crippen molar-refractivity contribution in [3.63, 3.8) is 0 Å². The SMILES string of the molecule is Cc1nc(Oc2ccc(NC(=O)C3(c4ccccc4)CCOCC3)cc2)cc(-n2ccnc2)n1. The van der Waals surface area contributed by atoms with Crippen molar-refractivity contribution in [2.45, 2.75) is 25.2 Å². The molecule has 2 aromatic carbocycles. The number of imidazole rings is 1. The number of amides is 1. The molecule has 0 radical (unpaired) electrons. The third-order valence-corrected chi connectivity index (χ3v) is 6.01. The van der Waals surface area contributed by atoms with E-state index in [0.717, 1.165) is 5.56 Å². The lowest BCUT2D eigenvalue weighted by Gasteiger charge is -2.36. The first-order valence-electron chi connectivity index (χ1n) is 11.2. The van der Waals surface area contributed by atoms with E-state index in [1.165, 1.54) is 0 Å². The van der Waals surface area contributed by atoms with E-state index in [1.54, 1.807) is 23.2 Å². The molecule has 0 aliphatic carbocycles. The van der Waals surface area contributed by atoms with Crippen LogP contribution >= 0.6 is 0 Å². The molecule has 0 unspecified atom stereocenters. The molecule has 0 spiro atoms. The summed E-state index contributed by atoms with van der Waals surface area (Å²) in [6, 6.07) is 19.0. The van der Waals surface area contributed by atoms with Gasteiger partial charge in [0.15, 0.2) is 0 Å². The smallest absolute Gasteiger partial charge is 0.235 e. The van der Waals surface area contributed by atoms with E-state index in [4.69, 9.17) is 9.47 Å². The number of hydrogen-bond donors (Lipinski definition) is 1. The summed E-state index contributed by atoms with van der Waals surface area (Å²) < 4.78 is 13.3. The van der Waals surface area contributed by atoms with Gasteiger partial charge in [-0.05, 0) is 49.6 Å². The first-order chi connectivity index (χ1) is 16.6. The molecule has 2 aromatic heterocycles. The van der Waals surface area contributed by atoms with Crippen molar-refractivity contribution in [1.82, 2.24) is 19.5 Å². The molecule has 1 amide bonds. The minimum absolute atomic E-state index is 0.0212. The number of rotatable bonds is 6. The highest BCUT2D eigenvalue weighted by atomic mass is 16.5. The number of aromatic nitrogens is 4. The number of benzene rings is 2. The van der Waals surface area contributed by atoms with Gasteiger partial charge in [-0.3, -0.25) is 9.36 Å². The normalized spacial score (nSPS) is 15.0. The van der Waals surface area contributed by atoms with Gasteiger partial charge < -0.3 is 14.8 Å². The maximum absolute atomic E-state index is 13.4. The van der Waals surface area contributed by atoms with Gasteiger partial charge in [0.05, 0.1) is 5.41 Å². The molecule has 1 aliphatic rings. The lowest BCUT2D eigenvalue weighted by Crippen LogP contribution is -2.44. The summed E-state index contributed by atoms with van der Waals surface area (Å²) in [5.41, 5.74) is 1.12. The van der Waals surface area contributed by atoms with Gasteiger partial charge in [-0.25, -0.2) is 9.97 Å². The highest BCUT2D eigenvalue weighted by Gasteiger charge is 2.41. The highest BCUT2D eigenvalue weighted by Crippen LogP contribution is 2.36. The second-order valence-electron chi connectivity index (χ2n) is 8.22. The molecule has 1 aliphatic heterocycles. The maximum Gasteiger partial charge on any atom is 0.235 e. The minimum Gasteiger partial charge on any atom is -0.439 e. The molecule has 4 aromatic rings. The Kier molecular flexibility index (Phi) is 6.05. The first-order valence-corrected chi connectivity index (χ1v) is 11.2. The summed E-state index contributed by atoms with van der Waals surface area (Å²) in [5, 5.41) is 3.09. The predicted molar refractivity (Wildman–Crippen MR) is 127 cm³/mol. The summed E-state index contributed by atoms with van der Waals surface area (Å²) >= 11 is 0. The summed E-state index contributed by atoms with van der Waals surface area (Å²) in [7, 11) is 0. The standard InChI is InChI=1S/C26H25N5O3/c1-19-28-23(31-14-13-27-18-31)17-24(29-19)34-22-9-7-21(8-10-22)30-25(32)26(11-15-33-16-12-26)20-5-3-2-4-6-20/h2-10,13-14,17-18H,11-12,15-16H2,1H3,(H,30,32). The Morgan fingerprint density at radius 1 is 1.06 bits per heavy atom. The number of nitrogens with zero attached hydrogens (tertiary/aromatic N) is 4. The van der Waals surface area contributed by atoms with Crippen LogP contribution in [0, 0.1) is 6.92 Å². The number of anilines is 1. The maximum atomic E-state index is 13.4. The number of ether oxygens (including phenoxy) is 2. The van der Waals surface area contributed by atoms with Crippen LogP contribution in [0.3, 0.4) is 0 Å². The van der Waals surface area contributed by atoms with Gasteiger partial charge in [0.1, 0.15) is 23.7 Å². The van der Waals surface area contributed by atoms with Crippen molar-refractivity contribution in [1.29, 1.82) is 0 Å². The quantitative estimate of drug-likeness (QED) is 0.462. The molecule has 0 bridgehead atoms. The van der Waals surface area contributed by atoms with Crippen LogP contribution in [0.25, 0.3) is 5.82 Å². The predicted octanol–water partition coefficient (Wildman–Crippen LogP) is 4.45. The van der Waals surface area contributed by atoms with Gasteiger partial charge in [-0.15, -0.1) is 0 Å². The molecule has 8 nitrogen and oxygen atoms in total. The lowest BCUT2D eigenvalue weighted by molar-refractivity contribution is -0.125. The molecular formula is C26H25N5O3. The zero-order valence-electron chi connectivity index (χ0n) is 18.8. The van der Waals surface area contributed by atoms with Crippen molar-refractivity contribution in [3.8, 4) is 17.4 Å². The van der Waals surface area contributed by atoms with Crippen molar-refractivity contribution >= 4 is 11.6 Å². The van der Waals surface area contributed by atoms with E-state index in [2.05, 4.69) is 20.3 Å². The van der Waals surface area contributed by atoms with Gasteiger partial charge >= 0.3 is 0 Å². The van der Waals surface area contributed by atoms with Crippen LogP contribution in [0.15, 0.2) is 79.4 Å². The van der Waals surface area contributed by atoms with Crippen LogP contribution in [0.2, 0.25) is 0 Å². The molecule has 1 fully saturated rings. The summed E-state index contributed by atoms with van der Waals surface area (Å²) in [6.07, 6.45) is 6.47. The fourth-order valence-electron chi connectivity index (χ4n) is 4.21. The monoisotopic (exact) mass is 455 g/mol. The van der Waals surface area contributed by atoms with Crippen LogP contribution < -0.4 is 10.1 Å². The van der Waals surface area contributed by atoms with Crippen LogP contribution in [0.5, 0.6) is 11.6 Å². The van der Waals surface area contributed by atoms with Crippen molar-refractivity contribution < 1.29 is 14.3 Å². The summed E-state index contributed by atoms with van der Waals surface area (Å²) in [6.45, 7) is 2.94. The first kappa shape index (κ1) is 21.8. The van der Waals surface area contributed by atoms with Gasteiger partial charge in [-0.1, -0.05) is 30.3 Å². The van der Waals surface area contributed by atoms with E-state index >= 15 is 0 Å². The Balaban J connectivity index is 1.31. The number of nitrogens with one attached hydrogen (secondary N) is 1. The molecule has 0 atom stereocenters. The second-order valence-corrected chi connectivity index (χ2v) is 8.22. The van der Waals surface area contributed by atoms with Crippen LogP contribution in [0.1, 0.15) is 24.2 Å². The number of carbonyl (C=O) groups excluding carboxylic acids is 1. The fourth-order valence-corrected chi connectivity index (χ4v) is 4.21. The van der Waals surface area contributed by atoms with Crippen LogP contribution in [0.4, 0.5) is 5.69 Å². The molecule has 5 rings (SSSR count). The average molecular weight is 456 g/mol. The van der Waals surface area contributed by atoms with Crippen molar-refractivity contribution in [3.05, 3.63) is 90.8 Å². The molecule has 1 saturated heterocycles. The fraction of sp³-hybridized carbons (Fsp3) is 0.231. The third kappa shape index (κ3) is 4.53. The molecule has 172 valence electrons. The number of hydrogen-bond acceptors (Lipinski definition) is 6. The Hall–Kier alpha value is -4.04. The Bertz CT molecular complexity index is 1250. The van der Waals surface area contributed by atoms with Crippen molar-refractivity contribution in [2.24, 2.45) is 0 Å². The molecule has 1 N–H and O–H groups in total. The Labute approximate surface area is 197 Å². The molecule has 3 heterocycles. The zero-order chi connectivity index (χ0) is 23.4. The average Bonchev–Trinajstić information content (AvgIpc) is 3.41. The van der Waals surface area contributed by atoms with Crippen LogP contribution in [-0.4, -0.2) is 38.6 Å². The van der Waals surface area contributed by atoms with Crippen molar-refractivity contribution in [2.75, 3.05) is 18.5 Å². The minimum atomic E-state index is -0.600. The largest absolute Gasteiger partial charge is 0.439 e. The molecule has 8 heteroatoms. The topological polar surface area (TPSA) is 91.2 Å². The molecule has 0 saturated carbocycles. The third-order valence-electron chi connectivity index (χ3n) is 6.01. The van der Waals surface area contributed by atoms with Gasteiger partial charge in [0.2, 0.25) is 11.8 Å². The van der Waals surface area contributed by atoms with Gasteiger partial charge in [-0.2, -0.15) is 4.98 Å². The summed E-state index contributed by atoms with van der Waals surface area (Å²) in [5.74, 6) is 2.28. The van der Waals surface area contributed by atoms with E-state index < -0.39 is 5.41 Å². The highest BCUT2D eigenvalue weighted by molar-refractivity contribution is 5.99. The lowest BCUT2D eigenvalue weighted by atomic mass is 9.73.